The molecule has 6 heteroatoms. The summed E-state index contributed by atoms with van der Waals surface area (Å²) in [7, 11) is 0. The van der Waals surface area contributed by atoms with Gasteiger partial charge in [-0.1, -0.05) is 5.16 Å². The topological polar surface area (TPSA) is 77.5 Å². The van der Waals surface area contributed by atoms with Gasteiger partial charge in [-0.05, 0) is 51.7 Å². The first-order chi connectivity index (χ1) is 13.6. The largest absolute Gasteiger partial charge is 0.493 e. The first-order valence-corrected chi connectivity index (χ1v) is 9.69. The number of benzene rings is 1. The number of nitrogens with zero attached hydrogens (tertiary/aromatic N) is 1. The average molecular weight is 380 g/mol. The smallest absolute Gasteiger partial charge is 0.249 e. The van der Waals surface area contributed by atoms with Crippen LogP contribution in [0.25, 0.3) is 16.5 Å². The molecule has 0 aliphatic heterocycles. The first-order valence-electron chi connectivity index (χ1n) is 9.69. The van der Waals surface area contributed by atoms with Crippen LogP contribution in [0.3, 0.4) is 0 Å². The molecule has 0 saturated carbocycles. The number of anilines is 1. The summed E-state index contributed by atoms with van der Waals surface area (Å²) in [6, 6.07) is 3.71. The molecule has 0 radical (unpaired) electrons. The molecule has 0 spiro atoms. The van der Waals surface area contributed by atoms with Crippen molar-refractivity contribution < 1.29 is 18.5 Å². The van der Waals surface area contributed by atoms with Gasteiger partial charge in [-0.2, -0.15) is 0 Å². The predicted molar refractivity (Wildman–Crippen MR) is 108 cm³/mol. The molecular weight excluding hydrogens is 356 g/mol. The van der Waals surface area contributed by atoms with Crippen LogP contribution in [0.1, 0.15) is 49.1 Å². The van der Waals surface area contributed by atoms with Crippen molar-refractivity contribution in [1.82, 2.24) is 5.16 Å². The minimum absolute atomic E-state index is 0.263. The lowest BCUT2D eigenvalue weighted by Gasteiger charge is -2.15. The molecule has 2 aromatic heterocycles. The lowest BCUT2D eigenvalue weighted by Crippen LogP contribution is -2.09. The molecule has 146 valence electrons. The lowest BCUT2D eigenvalue weighted by molar-refractivity contribution is -0.111. The fraction of sp³-hybridized carbons (Fsp3) is 0.364. The highest BCUT2D eigenvalue weighted by molar-refractivity contribution is 6.04. The summed E-state index contributed by atoms with van der Waals surface area (Å²) < 4.78 is 16.9. The van der Waals surface area contributed by atoms with Gasteiger partial charge in [-0.15, -0.1) is 0 Å². The van der Waals surface area contributed by atoms with Crippen LogP contribution in [-0.4, -0.2) is 17.7 Å². The molecule has 1 N–H and O–H groups in total. The second-order valence-electron chi connectivity index (χ2n) is 7.10. The Morgan fingerprint density at radius 2 is 2.18 bits per heavy atom. The molecule has 1 amide bonds. The number of carbonyl (C=O) groups is 1. The van der Waals surface area contributed by atoms with E-state index in [1.807, 2.05) is 20.8 Å². The fourth-order valence-electron chi connectivity index (χ4n) is 3.87. The van der Waals surface area contributed by atoms with E-state index in [0.29, 0.717) is 12.4 Å². The lowest BCUT2D eigenvalue weighted by atomic mass is 9.93. The van der Waals surface area contributed by atoms with E-state index in [1.54, 1.807) is 12.1 Å². The Morgan fingerprint density at radius 1 is 1.36 bits per heavy atom. The van der Waals surface area contributed by atoms with E-state index >= 15 is 0 Å². The Balaban J connectivity index is 1.78. The van der Waals surface area contributed by atoms with Gasteiger partial charge in [0, 0.05) is 40.6 Å². The van der Waals surface area contributed by atoms with E-state index in [4.69, 9.17) is 13.7 Å². The number of nitrogens with one attached hydrogen (secondary N) is 1. The SMILES string of the molecule is CCOc1c(/C(C)=C/C(=O)Nc2ccon2)cc2c3c(oc2c1C)CCCC3. The fourth-order valence-corrected chi connectivity index (χ4v) is 3.87. The minimum atomic E-state index is -0.263. The highest BCUT2D eigenvalue weighted by Gasteiger charge is 2.23. The zero-order valence-electron chi connectivity index (χ0n) is 16.4. The maximum atomic E-state index is 12.4. The van der Waals surface area contributed by atoms with Crippen molar-refractivity contribution in [3.8, 4) is 5.75 Å². The maximum absolute atomic E-state index is 12.4. The van der Waals surface area contributed by atoms with Gasteiger partial charge >= 0.3 is 0 Å². The van der Waals surface area contributed by atoms with E-state index in [9.17, 15) is 4.79 Å². The van der Waals surface area contributed by atoms with Crippen molar-refractivity contribution in [2.24, 2.45) is 0 Å². The predicted octanol–water partition coefficient (Wildman–Crippen LogP) is 5.05. The molecule has 1 aromatic carbocycles. The zero-order chi connectivity index (χ0) is 19.7. The van der Waals surface area contributed by atoms with Crippen molar-refractivity contribution in [1.29, 1.82) is 0 Å². The Hall–Kier alpha value is -3.02. The standard InChI is InChI=1S/C22H24N2O4/c1-4-26-21-14(3)22-17(15-7-5-6-8-18(15)28-22)12-16(21)13(2)11-20(25)23-19-9-10-27-24-19/h9-12H,4-8H2,1-3H3,(H,23,24,25)/b13-11+. The number of aryl methyl sites for hydroxylation is 3. The van der Waals surface area contributed by atoms with Gasteiger partial charge in [-0.25, -0.2) is 0 Å². The number of amides is 1. The third-order valence-corrected chi connectivity index (χ3v) is 5.18. The molecule has 1 aliphatic rings. The van der Waals surface area contributed by atoms with Gasteiger partial charge in [0.15, 0.2) is 5.82 Å². The molecule has 2 heterocycles. The molecule has 0 unspecified atom stereocenters. The van der Waals surface area contributed by atoms with Crippen LogP contribution in [0.2, 0.25) is 0 Å². The Morgan fingerprint density at radius 3 is 2.93 bits per heavy atom. The number of rotatable bonds is 5. The quantitative estimate of drug-likeness (QED) is 0.627. The van der Waals surface area contributed by atoms with E-state index in [1.165, 1.54) is 18.2 Å². The molecule has 3 aromatic rings. The monoisotopic (exact) mass is 380 g/mol. The molecule has 28 heavy (non-hydrogen) atoms. The number of carbonyl (C=O) groups excluding carboxylic acids is 1. The van der Waals surface area contributed by atoms with Gasteiger partial charge in [0.25, 0.3) is 0 Å². The highest BCUT2D eigenvalue weighted by Crippen LogP contribution is 2.41. The number of aromatic nitrogens is 1. The van der Waals surface area contributed by atoms with Gasteiger partial charge in [-0.3, -0.25) is 4.79 Å². The number of fused-ring (bicyclic) bond motifs is 3. The number of ether oxygens (including phenoxy) is 1. The molecular formula is C22H24N2O4. The Bertz CT molecular complexity index is 1040. The summed E-state index contributed by atoms with van der Waals surface area (Å²) in [5.41, 5.74) is 4.91. The van der Waals surface area contributed by atoms with Crippen LogP contribution in [0.15, 0.2) is 33.4 Å². The van der Waals surface area contributed by atoms with E-state index in [-0.39, 0.29) is 5.91 Å². The molecule has 0 bridgehead atoms. The van der Waals surface area contributed by atoms with Crippen molar-refractivity contribution in [3.63, 3.8) is 0 Å². The summed E-state index contributed by atoms with van der Waals surface area (Å²) in [6.07, 6.45) is 7.34. The Kier molecular flexibility index (Phi) is 4.94. The van der Waals surface area contributed by atoms with Crippen LogP contribution in [-0.2, 0) is 17.6 Å². The first kappa shape index (κ1) is 18.3. The summed E-state index contributed by atoms with van der Waals surface area (Å²) >= 11 is 0. The van der Waals surface area contributed by atoms with Gasteiger partial charge in [0.1, 0.15) is 23.4 Å². The van der Waals surface area contributed by atoms with Gasteiger partial charge in [0.05, 0.1) is 6.61 Å². The summed E-state index contributed by atoms with van der Waals surface area (Å²) in [6.45, 7) is 6.43. The molecule has 4 rings (SSSR count). The van der Waals surface area contributed by atoms with Crippen LogP contribution in [0.5, 0.6) is 5.75 Å². The zero-order valence-corrected chi connectivity index (χ0v) is 16.4. The molecule has 0 fully saturated rings. The van der Waals surface area contributed by atoms with Crippen LogP contribution in [0, 0.1) is 6.92 Å². The normalized spacial score (nSPS) is 14.2. The molecule has 0 atom stereocenters. The Labute approximate surface area is 163 Å². The second kappa shape index (κ2) is 7.54. The highest BCUT2D eigenvalue weighted by atomic mass is 16.5. The van der Waals surface area contributed by atoms with E-state index in [0.717, 1.165) is 58.4 Å². The van der Waals surface area contributed by atoms with Gasteiger partial charge < -0.3 is 19.0 Å². The van der Waals surface area contributed by atoms with Crippen molar-refractivity contribution in [2.45, 2.75) is 46.5 Å². The molecule has 6 nitrogen and oxygen atoms in total. The molecule has 1 aliphatic carbocycles. The number of furan rings is 1. The van der Waals surface area contributed by atoms with Crippen molar-refractivity contribution in [2.75, 3.05) is 11.9 Å². The maximum Gasteiger partial charge on any atom is 0.249 e. The van der Waals surface area contributed by atoms with Crippen LogP contribution in [0.4, 0.5) is 5.82 Å². The van der Waals surface area contributed by atoms with E-state index < -0.39 is 0 Å². The summed E-state index contributed by atoms with van der Waals surface area (Å²) in [5.74, 6) is 1.98. The minimum Gasteiger partial charge on any atom is -0.493 e. The third kappa shape index (κ3) is 3.30. The second-order valence-corrected chi connectivity index (χ2v) is 7.10. The average Bonchev–Trinajstić information content (AvgIpc) is 3.31. The third-order valence-electron chi connectivity index (χ3n) is 5.18. The summed E-state index contributed by atoms with van der Waals surface area (Å²) in [5, 5.41) is 7.53. The molecule has 0 saturated heterocycles. The number of hydrogen-bond acceptors (Lipinski definition) is 5. The number of allylic oxidation sites excluding steroid dienone is 1. The van der Waals surface area contributed by atoms with E-state index in [2.05, 4.69) is 16.5 Å². The van der Waals surface area contributed by atoms with Crippen LogP contribution < -0.4 is 10.1 Å². The number of hydrogen-bond donors (Lipinski definition) is 1. The summed E-state index contributed by atoms with van der Waals surface area (Å²) in [4.78, 5) is 12.4. The van der Waals surface area contributed by atoms with Crippen molar-refractivity contribution >= 4 is 28.3 Å². The van der Waals surface area contributed by atoms with Crippen LogP contribution >= 0.6 is 0 Å². The van der Waals surface area contributed by atoms with Crippen molar-refractivity contribution in [3.05, 3.63) is 46.9 Å². The van der Waals surface area contributed by atoms with Gasteiger partial charge in [0.2, 0.25) is 5.91 Å².